The van der Waals surface area contributed by atoms with Crippen LogP contribution in [0, 0.1) is 15.4 Å². The molecule has 0 aliphatic carbocycles. The van der Waals surface area contributed by atoms with Gasteiger partial charge in [-0.3, -0.25) is 14.1 Å². The van der Waals surface area contributed by atoms with Crippen molar-refractivity contribution in [3.8, 4) is 5.75 Å². The number of fused-ring (bicyclic) bond motifs is 1. The third-order valence-corrected chi connectivity index (χ3v) is 7.71. The molecule has 0 saturated carbocycles. The maximum Gasteiger partial charge on any atom is 0.402 e. The van der Waals surface area contributed by atoms with Gasteiger partial charge in [-0.05, 0) is 47.7 Å². The highest BCUT2D eigenvalue weighted by Crippen LogP contribution is 2.51. The molecular formula is C21H17F2IO12S. The van der Waals surface area contributed by atoms with Crippen LogP contribution in [0.3, 0.4) is 0 Å². The highest BCUT2D eigenvalue weighted by atomic mass is 127. The first-order valence-corrected chi connectivity index (χ1v) is 12.9. The number of halogens is 3. The smallest absolute Gasteiger partial charge is 0.402 e. The molecule has 16 heteroatoms. The largest absolute Gasteiger partial charge is 0.458 e. The van der Waals surface area contributed by atoms with Gasteiger partial charge >= 0.3 is 39.2 Å². The average Bonchev–Trinajstić information content (AvgIpc) is 3.41. The van der Waals surface area contributed by atoms with Gasteiger partial charge in [0.1, 0.15) is 29.8 Å². The van der Waals surface area contributed by atoms with Crippen molar-refractivity contribution in [1.29, 1.82) is 0 Å². The predicted molar refractivity (Wildman–Crippen MR) is 122 cm³/mol. The van der Waals surface area contributed by atoms with Crippen LogP contribution >= 0.6 is 22.6 Å². The van der Waals surface area contributed by atoms with Crippen molar-refractivity contribution in [2.75, 3.05) is 6.61 Å². The standard InChI is InChI=1S/C21H17F2IO12S/c1-7(2)17(25)33-8-3-4-10(24)9(5-8)18(26)35-15-13-11(12-14(34-13)16(15)36-20(12)28)19(27)32-6-21(22,23)37(29,30)31/h3-5,11-16H,1,6H2,2H3,(H,29,30,31). The maximum atomic E-state index is 13.5. The summed E-state index contributed by atoms with van der Waals surface area (Å²) in [6.07, 6.45) is -4.80. The second-order valence-corrected chi connectivity index (χ2v) is 11.1. The van der Waals surface area contributed by atoms with Crippen LogP contribution in [0.2, 0.25) is 0 Å². The lowest BCUT2D eigenvalue weighted by atomic mass is 9.78. The van der Waals surface area contributed by atoms with E-state index in [0.29, 0.717) is 3.57 Å². The molecule has 4 rings (SSSR count). The van der Waals surface area contributed by atoms with E-state index in [0.717, 1.165) is 0 Å². The van der Waals surface area contributed by atoms with Gasteiger partial charge in [0.25, 0.3) is 0 Å². The summed E-state index contributed by atoms with van der Waals surface area (Å²) in [6.45, 7) is 2.88. The summed E-state index contributed by atoms with van der Waals surface area (Å²) in [7, 11) is -5.87. The lowest BCUT2D eigenvalue weighted by Crippen LogP contribution is -2.48. The van der Waals surface area contributed by atoms with Crippen LogP contribution in [0.5, 0.6) is 5.75 Å². The molecule has 2 bridgehead atoms. The Labute approximate surface area is 221 Å². The summed E-state index contributed by atoms with van der Waals surface area (Å²) in [5.41, 5.74) is 0.0786. The molecule has 0 radical (unpaired) electrons. The summed E-state index contributed by atoms with van der Waals surface area (Å²) >= 11 is 1.82. The Morgan fingerprint density at radius 1 is 1.22 bits per heavy atom. The van der Waals surface area contributed by atoms with Gasteiger partial charge in [0.05, 0.1) is 5.56 Å². The summed E-state index contributed by atoms with van der Waals surface area (Å²) < 4.78 is 83.3. The van der Waals surface area contributed by atoms with Crippen LogP contribution in [0.1, 0.15) is 17.3 Å². The molecule has 3 aliphatic rings. The number of esters is 4. The molecule has 1 aromatic rings. The Kier molecular flexibility index (Phi) is 7.06. The minimum atomic E-state index is -5.87. The SMILES string of the molecule is C=C(C)C(=O)Oc1ccc(I)c(C(=O)OC2C3OC(=O)C4C3OC2C4C(=O)OCC(F)(F)S(=O)(=O)O)c1. The molecule has 6 atom stereocenters. The normalized spacial score (nSPS) is 28.0. The topological polar surface area (TPSA) is 169 Å². The van der Waals surface area contributed by atoms with Gasteiger partial charge in [-0.15, -0.1) is 0 Å². The molecule has 6 unspecified atom stereocenters. The third-order valence-electron chi connectivity index (χ3n) is 5.90. The number of ether oxygens (including phenoxy) is 5. The molecule has 200 valence electrons. The van der Waals surface area contributed by atoms with E-state index >= 15 is 0 Å². The fourth-order valence-corrected chi connectivity index (χ4v) is 4.93. The lowest BCUT2D eigenvalue weighted by molar-refractivity contribution is -0.160. The number of carbonyl (C=O) groups excluding carboxylic acids is 4. The van der Waals surface area contributed by atoms with Crippen LogP contribution in [-0.4, -0.2) is 73.1 Å². The van der Waals surface area contributed by atoms with E-state index in [1.165, 1.54) is 25.1 Å². The Morgan fingerprint density at radius 2 is 1.89 bits per heavy atom. The fraction of sp³-hybridized carbons (Fsp3) is 0.429. The molecule has 3 heterocycles. The van der Waals surface area contributed by atoms with Crippen LogP contribution in [0.25, 0.3) is 0 Å². The summed E-state index contributed by atoms with van der Waals surface area (Å²) in [6, 6.07) is 4.13. The van der Waals surface area contributed by atoms with Crippen molar-refractivity contribution in [3.05, 3.63) is 39.5 Å². The van der Waals surface area contributed by atoms with Gasteiger partial charge < -0.3 is 23.7 Å². The van der Waals surface area contributed by atoms with Gasteiger partial charge in [0.2, 0.25) is 0 Å². The average molecular weight is 658 g/mol. The first-order chi connectivity index (χ1) is 17.1. The van der Waals surface area contributed by atoms with Crippen molar-refractivity contribution < 1.29 is 64.6 Å². The summed E-state index contributed by atoms with van der Waals surface area (Å²) in [4.78, 5) is 49.7. The molecule has 3 fully saturated rings. The van der Waals surface area contributed by atoms with E-state index in [4.69, 9.17) is 23.5 Å². The van der Waals surface area contributed by atoms with E-state index in [-0.39, 0.29) is 16.9 Å². The zero-order valence-electron chi connectivity index (χ0n) is 18.6. The minimum Gasteiger partial charge on any atom is -0.458 e. The van der Waals surface area contributed by atoms with E-state index in [2.05, 4.69) is 11.3 Å². The molecular weight excluding hydrogens is 641 g/mol. The first-order valence-electron chi connectivity index (χ1n) is 10.4. The molecule has 1 N–H and O–H groups in total. The lowest BCUT2D eigenvalue weighted by Gasteiger charge is -2.27. The zero-order valence-corrected chi connectivity index (χ0v) is 21.6. The van der Waals surface area contributed by atoms with Crippen LogP contribution in [0.15, 0.2) is 30.4 Å². The second-order valence-electron chi connectivity index (χ2n) is 8.42. The Bertz CT molecular complexity index is 1310. The minimum absolute atomic E-state index is 0.0122. The molecule has 37 heavy (non-hydrogen) atoms. The first kappa shape index (κ1) is 27.3. The number of carbonyl (C=O) groups is 4. The van der Waals surface area contributed by atoms with Crippen LogP contribution < -0.4 is 4.74 Å². The number of hydrogen-bond donors (Lipinski definition) is 1. The van der Waals surface area contributed by atoms with Gasteiger partial charge in [0.15, 0.2) is 18.8 Å². The summed E-state index contributed by atoms with van der Waals surface area (Å²) in [5, 5.41) is -4.79. The number of alkyl halides is 2. The Hall–Kier alpha value is -2.70. The predicted octanol–water partition coefficient (Wildman–Crippen LogP) is 1.26. The molecule has 3 aliphatic heterocycles. The number of rotatable bonds is 8. The number of hydrogen-bond acceptors (Lipinski definition) is 11. The van der Waals surface area contributed by atoms with Crippen molar-refractivity contribution >= 4 is 56.6 Å². The van der Waals surface area contributed by atoms with Crippen molar-refractivity contribution in [2.24, 2.45) is 11.8 Å². The molecule has 0 amide bonds. The second kappa shape index (κ2) is 9.55. The summed E-state index contributed by atoms with van der Waals surface area (Å²) in [5.74, 6) is -6.81. The van der Waals surface area contributed by atoms with E-state index in [1.807, 2.05) is 22.6 Å². The van der Waals surface area contributed by atoms with Crippen LogP contribution in [0.4, 0.5) is 8.78 Å². The number of benzene rings is 1. The highest BCUT2D eigenvalue weighted by Gasteiger charge is 2.72. The van der Waals surface area contributed by atoms with Gasteiger partial charge in [0, 0.05) is 9.14 Å². The van der Waals surface area contributed by atoms with Crippen molar-refractivity contribution in [2.45, 2.75) is 36.6 Å². The quantitative estimate of drug-likeness (QED) is 0.106. The third kappa shape index (κ3) is 4.94. The molecule has 12 nitrogen and oxygen atoms in total. The molecule has 0 spiro atoms. The Morgan fingerprint density at radius 3 is 2.51 bits per heavy atom. The fourth-order valence-electron chi connectivity index (χ4n) is 4.17. The van der Waals surface area contributed by atoms with E-state index < -0.39 is 82.1 Å². The van der Waals surface area contributed by atoms with Crippen LogP contribution in [-0.2, 0) is 43.4 Å². The highest BCUT2D eigenvalue weighted by molar-refractivity contribution is 14.1. The van der Waals surface area contributed by atoms with Crippen molar-refractivity contribution in [3.63, 3.8) is 0 Å². The Balaban J connectivity index is 1.52. The molecule has 0 aromatic heterocycles. The van der Waals surface area contributed by atoms with Gasteiger partial charge in [-0.2, -0.15) is 17.2 Å². The van der Waals surface area contributed by atoms with E-state index in [1.54, 1.807) is 0 Å². The van der Waals surface area contributed by atoms with Crippen molar-refractivity contribution in [1.82, 2.24) is 0 Å². The van der Waals surface area contributed by atoms with Gasteiger partial charge in [-0.25, -0.2) is 9.59 Å². The van der Waals surface area contributed by atoms with E-state index in [9.17, 15) is 36.4 Å². The maximum absolute atomic E-state index is 13.5. The monoisotopic (exact) mass is 658 g/mol. The molecule has 1 aromatic carbocycles. The van der Waals surface area contributed by atoms with Gasteiger partial charge in [-0.1, -0.05) is 6.58 Å². The molecule has 3 saturated heterocycles. The zero-order chi connectivity index (χ0) is 27.4.